The number of nitrogens with zero attached hydrogens (tertiary/aromatic N) is 6. The van der Waals surface area contributed by atoms with Gasteiger partial charge in [-0.2, -0.15) is 0 Å². The van der Waals surface area contributed by atoms with Gasteiger partial charge in [-0.05, 0) is 36.6 Å². The van der Waals surface area contributed by atoms with Crippen molar-refractivity contribution in [2.24, 2.45) is 0 Å². The number of aromatic nitrogens is 5. The Labute approximate surface area is 146 Å². The van der Waals surface area contributed by atoms with Crippen LogP contribution in [0.15, 0.2) is 49.3 Å². The number of aryl methyl sites for hydroxylation is 1. The van der Waals surface area contributed by atoms with E-state index in [-0.39, 0.29) is 0 Å². The van der Waals surface area contributed by atoms with E-state index < -0.39 is 5.60 Å². The van der Waals surface area contributed by atoms with Crippen molar-refractivity contribution in [1.29, 1.82) is 0 Å². The summed E-state index contributed by atoms with van der Waals surface area (Å²) in [6, 6.07) is 6.45. The highest BCUT2D eigenvalue weighted by molar-refractivity contribution is 5.40. The summed E-state index contributed by atoms with van der Waals surface area (Å²) in [6.45, 7) is 4.99. The summed E-state index contributed by atoms with van der Waals surface area (Å²) in [4.78, 5) is 6.40. The predicted molar refractivity (Wildman–Crippen MR) is 93.2 cm³/mol. The Morgan fingerprint density at radius 3 is 2.88 bits per heavy atom. The maximum absolute atomic E-state index is 10.8. The molecule has 1 fully saturated rings. The van der Waals surface area contributed by atoms with Crippen LogP contribution in [0.1, 0.15) is 17.5 Å². The number of rotatable bonds is 5. The number of hydrogen-bond acceptors (Lipinski definition) is 5. The first-order valence-electron chi connectivity index (χ1n) is 8.48. The summed E-state index contributed by atoms with van der Waals surface area (Å²) in [5, 5.41) is 18.6. The van der Waals surface area contributed by atoms with Crippen molar-refractivity contribution in [2.75, 3.05) is 13.1 Å². The van der Waals surface area contributed by atoms with Crippen LogP contribution in [0.3, 0.4) is 0 Å². The molecule has 1 N–H and O–H groups in total. The Hall–Kier alpha value is -2.51. The lowest BCUT2D eigenvalue weighted by Crippen LogP contribution is -2.37. The Balaban J connectivity index is 1.43. The molecule has 0 aliphatic carbocycles. The van der Waals surface area contributed by atoms with Gasteiger partial charge >= 0.3 is 0 Å². The normalized spacial score (nSPS) is 21.0. The van der Waals surface area contributed by atoms with Gasteiger partial charge in [0.25, 0.3) is 0 Å². The van der Waals surface area contributed by atoms with Crippen LogP contribution in [-0.4, -0.2) is 53.2 Å². The molecule has 25 heavy (non-hydrogen) atoms. The Bertz CT molecular complexity index is 829. The van der Waals surface area contributed by atoms with Gasteiger partial charge in [-0.25, -0.2) is 9.67 Å². The molecule has 1 aromatic carbocycles. The molecule has 0 bridgehead atoms. The van der Waals surface area contributed by atoms with Crippen LogP contribution in [0.2, 0.25) is 0 Å². The second-order valence-corrected chi connectivity index (χ2v) is 6.87. The van der Waals surface area contributed by atoms with Crippen molar-refractivity contribution in [1.82, 2.24) is 29.4 Å². The van der Waals surface area contributed by atoms with E-state index >= 15 is 0 Å². The zero-order valence-electron chi connectivity index (χ0n) is 14.3. The molecule has 0 amide bonds. The minimum Gasteiger partial charge on any atom is -0.387 e. The van der Waals surface area contributed by atoms with Crippen LogP contribution < -0.4 is 0 Å². The average molecular weight is 338 g/mol. The Kier molecular flexibility index (Phi) is 4.10. The average Bonchev–Trinajstić information content (AvgIpc) is 3.32. The van der Waals surface area contributed by atoms with Gasteiger partial charge in [0.2, 0.25) is 0 Å². The highest BCUT2D eigenvalue weighted by Crippen LogP contribution is 2.25. The van der Waals surface area contributed by atoms with E-state index in [9.17, 15) is 5.11 Å². The molecule has 130 valence electrons. The van der Waals surface area contributed by atoms with E-state index in [1.165, 1.54) is 11.1 Å². The fourth-order valence-electron chi connectivity index (χ4n) is 3.49. The largest absolute Gasteiger partial charge is 0.387 e. The number of aliphatic hydroxyl groups is 1. The van der Waals surface area contributed by atoms with Gasteiger partial charge in [0, 0.05) is 43.9 Å². The topological polar surface area (TPSA) is 72.0 Å². The number of benzene rings is 1. The third-order valence-corrected chi connectivity index (χ3v) is 4.86. The van der Waals surface area contributed by atoms with Crippen LogP contribution in [0.4, 0.5) is 0 Å². The molecule has 4 rings (SSSR count). The molecule has 7 nitrogen and oxygen atoms in total. The standard InChI is InChI=1S/C18H22N6O/c1-15-10-17(23-8-5-19-14-23)3-2-16(15)11-22-7-4-18(25,12-22)13-24-9-6-20-21-24/h2-3,5-6,8-10,14,25H,4,7,11-13H2,1H3. The van der Waals surface area contributed by atoms with Gasteiger partial charge < -0.3 is 9.67 Å². The van der Waals surface area contributed by atoms with Gasteiger partial charge in [0.1, 0.15) is 0 Å². The molecule has 3 aromatic rings. The minimum atomic E-state index is -0.738. The number of imidazole rings is 1. The molecule has 1 atom stereocenters. The second kappa shape index (κ2) is 6.42. The monoisotopic (exact) mass is 338 g/mol. The van der Waals surface area contributed by atoms with Gasteiger partial charge in [-0.1, -0.05) is 11.3 Å². The van der Waals surface area contributed by atoms with Crippen molar-refractivity contribution in [2.45, 2.75) is 32.0 Å². The lowest BCUT2D eigenvalue weighted by molar-refractivity contribution is 0.0274. The molecule has 3 heterocycles. The smallest absolute Gasteiger partial charge is 0.0991 e. The summed E-state index contributed by atoms with van der Waals surface area (Å²) in [7, 11) is 0. The van der Waals surface area contributed by atoms with Gasteiger partial charge in [-0.3, -0.25) is 4.90 Å². The SMILES string of the molecule is Cc1cc(-n2ccnc2)ccc1CN1CCC(O)(Cn2ccnn2)C1. The zero-order valence-corrected chi connectivity index (χ0v) is 14.3. The number of likely N-dealkylation sites (tertiary alicyclic amines) is 1. The number of hydrogen-bond donors (Lipinski definition) is 1. The first-order valence-corrected chi connectivity index (χ1v) is 8.48. The second-order valence-electron chi connectivity index (χ2n) is 6.87. The summed E-state index contributed by atoms with van der Waals surface area (Å²) in [5.74, 6) is 0. The zero-order chi connectivity index (χ0) is 17.3. The molecule has 1 aliphatic heterocycles. The van der Waals surface area contributed by atoms with E-state index in [4.69, 9.17) is 0 Å². The lowest BCUT2D eigenvalue weighted by atomic mass is 10.0. The highest BCUT2D eigenvalue weighted by atomic mass is 16.3. The summed E-state index contributed by atoms with van der Waals surface area (Å²) in [5.41, 5.74) is 2.91. The maximum atomic E-state index is 10.8. The highest BCUT2D eigenvalue weighted by Gasteiger charge is 2.36. The van der Waals surface area contributed by atoms with Crippen LogP contribution in [0.5, 0.6) is 0 Å². The van der Waals surface area contributed by atoms with E-state index in [1.807, 2.05) is 10.8 Å². The third-order valence-electron chi connectivity index (χ3n) is 4.86. The van der Waals surface area contributed by atoms with Crippen LogP contribution >= 0.6 is 0 Å². The molecule has 1 saturated heterocycles. The molecule has 2 aromatic heterocycles. The van der Waals surface area contributed by atoms with Crippen LogP contribution in [-0.2, 0) is 13.1 Å². The minimum absolute atomic E-state index is 0.488. The van der Waals surface area contributed by atoms with E-state index in [1.54, 1.807) is 29.6 Å². The Morgan fingerprint density at radius 1 is 1.24 bits per heavy atom. The molecule has 7 heteroatoms. The van der Waals surface area contributed by atoms with Gasteiger partial charge in [-0.15, -0.1) is 5.10 Å². The van der Waals surface area contributed by atoms with E-state index in [0.29, 0.717) is 13.1 Å². The molecule has 1 unspecified atom stereocenters. The molecular weight excluding hydrogens is 316 g/mol. The third kappa shape index (κ3) is 3.47. The van der Waals surface area contributed by atoms with Gasteiger partial charge in [0.15, 0.2) is 0 Å². The molecular formula is C18H22N6O. The first kappa shape index (κ1) is 16.0. The van der Waals surface area contributed by atoms with Gasteiger partial charge in [0.05, 0.1) is 24.7 Å². The van der Waals surface area contributed by atoms with Crippen molar-refractivity contribution < 1.29 is 5.11 Å². The quantitative estimate of drug-likeness (QED) is 0.761. The van der Waals surface area contributed by atoms with Crippen LogP contribution in [0.25, 0.3) is 5.69 Å². The van der Waals surface area contributed by atoms with Crippen molar-refractivity contribution in [3.63, 3.8) is 0 Å². The Morgan fingerprint density at radius 2 is 2.16 bits per heavy atom. The van der Waals surface area contributed by atoms with E-state index in [2.05, 4.69) is 45.3 Å². The van der Waals surface area contributed by atoms with Crippen LogP contribution in [0, 0.1) is 6.92 Å². The summed E-state index contributed by atoms with van der Waals surface area (Å²) in [6.07, 6.45) is 9.71. The van der Waals surface area contributed by atoms with Crippen molar-refractivity contribution in [3.05, 3.63) is 60.4 Å². The molecule has 1 aliphatic rings. The van der Waals surface area contributed by atoms with Crippen molar-refractivity contribution >= 4 is 0 Å². The molecule has 0 saturated carbocycles. The summed E-state index contributed by atoms with van der Waals surface area (Å²) >= 11 is 0. The first-order chi connectivity index (χ1) is 12.1. The maximum Gasteiger partial charge on any atom is 0.0991 e. The molecule has 0 spiro atoms. The van der Waals surface area contributed by atoms with E-state index in [0.717, 1.165) is 25.2 Å². The predicted octanol–water partition coefficient (Wildman–Crippen LogP) is 1.41. The van der Waals surface area contributed by atoms with Crippen molar-refractivity contribution in [3.8, 4) is 5.69 Å². The number of β-amino-alcohol motifs (C(OH)–C–C–N with tert-alkyl or cyclic N) is 1. The fourth-order valence-corrected chi connectivity index (χ4v) is 3.49. The molecule has 0 radical (unpaired) electrons. The summed E-state index contributed by atoms with van der Waals surface area (Å²) < 4.78 is 3.71. The fraction of sp³-hybridized carbons (Fsp3) is 0.389. The lowest BCUT2D eigenvalue weighted by Gasteiger charge is -2.23.